The van der Waals surface area contributed by atoms with E-state index in [1.165, 1.54) is 25.2 Å². The van der Waals surface area contributed by atoms with Crippen LogP contribution in [0, 0.1) is 5.82 Å². The molecule has 17 heavy (non-hydrogen) atoms. The summed E-state index contributed by atoms with van der Waals surface area (Å²) < 4.78 is 15.0. The average Bonchev–Trinajstić information content (AvgIpc) is 2.98. The highest BCUT2D eigenvalue weighted by atomic mass is 19.1. The van der Waals surface area contributed by atoms with Crippen molar-refractivity contribution in [3.8, 4) is 5.69 Å². The molecule has 0 atom stereocenters. The molecule has 0 spiro atoms. The van der Waals surface area contributed by atoms with Crippen LogP contribution in [0.15, 0.2) is 30.9 Å². The third-order valence-corrected chi connectivity index (χ3v) is 2.80. The van der Waals surface area contributed by atoms with E-state index in [9.17, 15) is 4.39 Å². The van der Waals surface area contributed by atoms with Crippen LogP contribution in [0.5, 0.6) is 0 Å². The summed E-state index contributed by atoms with van der Waals surface area (Å²) in [5.41, 5.74) is 1.64. The van der Waals surface area contributed by atoms with Crippen LogP contribution in [0.4, 0.5) is 4.39 Å². The molecule has 1 aromatic carbocycles. The maximum Gasteiger partial charge on any atom is 0.138 e. The highest BCUT2D eigenvalue weighted by Crippen LogP contribution is 2.20. The topological polar surface area (TPSA) is 42.7 Å². The molecular weight excluding hydrogens is 219 g/mol. The van der Waals surface area contributed by atoms with Crippen molar-refractivity contribution in [3.05, 3.63) is 42.2 Å². The van der Waals surface area contributed by atoms with Gasteiger partial charge in [-0.05, 0) is 36.6 Å². The SMILES string of the molecule is Fc1cc(CNC2CC2)cc(-n2cncn2)c1. The summed E-state index contributed by atoms with van der Waals surface area (Å²) >= 11 is 0. The van der Waals surface area contributed by atoms with Crippen LogP contribution in [-0.4, -0.2) is 20.8 Å². The molecule has 0 saturated heterocycles. The number of nitrogens with zero attached hydrogens (tertiary/aromatic N) is 3. The Morgan fingerprint density at radius 2 is 2.24 bits per heavy atom. The van der Waals surface area contributed by atoms with Gasteiger partial charge in [-0.25, -0.2) is 14.1 Å². The zero-order valence-corrected chi connectivity index (χ0v) is 9.31. The monoisotopic (exact) mass is 232 g/mol. The number of benzene rings is 1. The molecule has 0 amide bonds. The van der Waals surface area contributed by atoms with Crippen LogP contribution in [0.3, 0.4) is 0 Å². The fourth-order valence-corrected chi connectivity index (χ4v) is 1.76. The van der Waals surface area contributed by atoms with Gasteiger partial charge < -0.3 is 5.32 Å². The molecule has 1 saturated carbocycles. The molecule has 1 heterocycles. The quantitative estimate of drug-likeness (QED) is 0.871. The summed E-state index contributed by atoms with van der Waals surface area (Å²) in [5.74, 6) is -0.245. The van der Waals surface area contributed by atoms with Gasteiger partial charge in [0.25, 0.3) is 0 Å². The van der Waals surface area contributed by atoms with E-state index in [1.54, 1.807) is 17.1 Å². The summed E-state index contributed by atoms with van der Waals surface area (Å²) in [6, 6.07) is 5.55. The van der Waals surface area contributed by atoms with Gasteiger partial charge in [0, 0.05) is 12.6 Å². The minimum absolute atomic E-state index is 0.245. The van der Waals surface area contributed by atoms with Crippen molar-refractivity contribution in [2.75, 3.05) is 0 Å². The predicted octanol–water partition coefficient (Wildman–Crippen LogP) is 1.66. The van der Waals surface area contributed by atoms with Gasteiger partial charge in [0.2, 0.25) is 0 Å². The number of nitrogens with one attached hydrogen (secondary N) is 1. The summed E-state index contributed by atoms with van der Waals surface area (Å²) in [7, 11) is 0. The summed E-state index contributed by atoms with van der Waals surface area (Å²) in [5, 5.41) is 7.36. The van der Waals surface area contributed by atoms with Crippen molar-refractivity contribution in [3.63, 3.8) is 0 Å². The van der Waals surface area contributed by atoms with Crippen molar-refractivity contribution in [2.24, 2.45) is 0 Å². The number of halogens is 1. The van der Waals surface area contributed by atoms with Crippen LogP contribution in [-0.2, 0) is 6.54 Å². The lowest BCUT2D eigenvalue weighted by atomic mass is 10.2. The lowest BCUT2D eigenvalue weighted by Crippen LogP contribution is -2.15. The Kier molecular flexibility index (Phi) is 2.60. The van der Waals surface area contributed by atoms with E-state index in [0.29, 0.717) is 18.3 Å². The van der Waals surface area contributed by atoms with Gasteiger partial charge in [0.1, 0.15) is 18.5 Å². The van der Waals surface area contributed by atoms with Crippen LogP contribution in [0.1, 0.15) is 18.4 Å². The van der Waals surface area contributed by atoms with Gasteiger partial charge in [0.05, 0.1) is 5.69 Å². The predicted molar refractivity (Wildman–Crippen MR) is 61.2 cm³/mol. The first-order chi connectivity index (χ1) is 8.31. The minimum Gasteiger partial charge on any atom is -0.310 e. The molecule has 5 heteroatoms. The Morgan fingerprint density at radius 3 is 2.94 bits per heavy atom. The minimum atomic E-state index is -0.245. The zero-order chi connectivity index (χ0) is 11.7. The molecule has 0 radical (unpaired) electrons. The first-order valence-corrected chi connectivity index (χ1v) is 5.69. The van der Waals surface area contributed by atoms with E-state index >= 15 is 0 Å². The molecule has 4 nitrogen and oxygen atoms in total. The first-order valence-electron chi connectivity index (χ1n) is 5.69. The maximum absolute atomic E-state index is 13.5. The fourth-order valence-electron chi connectivity index (χ4n) is 1.76. The lowest BCUT2D eigenvalue weighted by Gasteiger charge is -2.06. The molecule has 1 aromatic heterocycles. The zero-order valence-electron chi connectivity index (χ0n) is 9.31. The Bertz CT molecular complexity index is 505. The Morgan fingerprint density at radius 1 is 1.35 bits per heavy atom. The van der Waals surface area contributed by atoms with Crippen LogP contribution >= 0.6 is 0 Å². The van der Waals surface area contributed by atoms with Gasteiger partial charge in [-0.15, -0.1) is 0 Å². The van der Waals surface area contributed by atoms with Crippen molar-refractivity contribution < 1.29 is 4.39 Å². The normalized spacial score (nSPS) is 15.1. The Balaban J connectivity index is 1.83. The first kappa shape index (κ1) is 10.4. The van der Waals surface area contributed by atoms with Gasteiger partial charge in [-0.1, -0.05) is 0 Å². The maximum atomic E-state index is 13.5. The molecule has 3 rings (SSSR count). The van der Waals surface area contributed by atoms with Gasteiger partial charge >= 0.3 is 0 Å². The highest BCUT2D eigenvalue weighted by Gasteiger charge is 2.20. The average molecular weight is 232 g/mol. The lowest BCUT2D eigenvalue weighted by molar-refractivity contribution is 0.617. The van der Waals surface area contributed by atoms with Crippen molar-refractivity contribution in [1.82, 2.24) is 20.1 Å². The molecule has 2 aromatic rings. The van der Waals surface area contributed by atoms with E-state index < -0.39 is 0 Å². The molecular formula is C12H13FN4. The van der Waals surface area contributed by atoms with Gasteiger partial charge in [-0.3, -0.25) is 0 Å². The number of rotatable bonds is 4. The van der Waals surface area contributed by atoms with Crippen LogP contribution in [0.2, 0.25) is 0 Å². The molecule has 1 aliphatic rings. The third kappa shape index (κ3) is 2.50. The number of aromatic nitrogens is 3. The standard InChI is InChI=1S/C12H13FN4/c13-10-3-9(6-15-11-1-2-11)4-12(5-10)17-8-14-7-16-17/h3-5,7-8,11,15H,1-2,6H2. The molecule has 0 unspecified atom stereocenters. The number of hydrogen-bond donors (Lipinski definition) is 1. The van der Waals surface area contributed by atoms with E-state index in [1.807, 2.05) is 6.07 Å². The summed E-state index contributed by atoms with van der Waals surface area (Å²) in [6.45, 7) is 0.699. The second-order valence-electron chi connectivity index (χ2n) is 4.31. The summed E-state index contributed by atoms with van der Waals surface area (Å²) in [6.07, 6.45) is 5.45. The molecule has 1 N–H and O–H groups in total. The second kappa shape index (κ2) is 4.25. The van der Waals surface area contributed by atoms with E-state index in [4.69, 9.17) is 0 Å². The molecule has 1 fully saturated rings. The number of hydrogen-bond acceptors (Lipinski definition) is 3. The van der Waals surface area contributed by atoms with Crippen molar-refractivity contribution >= 4 is 0 Å². The van der Waals surface area contributed by atoms with Crippen LogP contribution in [0.25, 0.3) is 5.69 Å². The van der Waals surface area contributed by atoms with Crippen molar-refractivity contribution in [2.45, 2.75) is 25.4 Å². The summed E-state index contributed by atoms with van der Waals surface area (Å²) in [4.78, 5) is 3.86. The molecule has 1 aliphatic carbocycles. The van der Waals surface area contributed by atoms with Crippen LogP contribution < -0.4 is 5.32 Å². The Labute approximate surface area is 98.5 Å². The van der Waals surface area contributed by atoms with Gasteiger partial charge in [0.15, 0.2) is 0 Å². The molecule has 0 bridgehead atoms. The van der Waals surface area contributed by atoms with Gasteiger partial charge in [-0.2, -0.15) is 5.10 Å². The third-order valence-electron chi connectivity index (χ3n) is 2.80. The van der Waals surface area contributed by atoms with E-state index in [2.05, 4.69) is 15.4 Å². The molecule has 0 aliphatic heterocycles. The van der Waals surface area contributed by atoms with Crippen molar-refractivity contribution in [1.29, 1.82) is 0 Å². The van der Waals surface area contributed by atoms with E-state index in [0.717, 1.165) is 5.56 Å². The van der Waals surface area contributed by atoms with E-state index in [-0.39, 0.29) is 5.82 Å². The second-order valence-corrected chi connectivity index (χ2v) is 4.31. The highest BCUT2D eigenvalue weighted by molar-refractivity contribution is 5.35. The fraction of sp³-hybridized carbons (Fsp3) is 0.333. The Hall–Kier alpha value is -1.75. The smallest absolute Gasteiger partial charge is 0.138 e. The largest absolute Gasteiger partial charge is 0.310 e. The molecule has 88 valence electrons.